The minimum absolute atomic E-state index is 0.840. The molecule has 0 N–H and O–H groups in total. The van der Waals surface area contributed by atoms with Crippen molar-refractivity contribution >= 4 is 0 Å². The number of ether oxygens (including phenoxy) is 1. The van der Waals surface area contributed by atoms with Crippen LogP contribution in [0.15, 0.2) is 11.3 Å². The number of rotatable bonds is 0. The monoisotopic (exact) mass is 154 g/mol. The van der Waals surface area contributed by atoms with Crippen molar-refractivity contribution in [3.8, 4) is 0 Å². The third-order valence-corrected chi connectivity index (χ3v) is 2.31. The van der Waals surface area contributed by atoms with Gasteiger partial charge in [0.15, 0.2) is 0 Å². The highest BCUT2D eigenvalue weighted by molar-refractivity contribution is 5.03. The molecule has 1 unspecified atom stereocenters. The second-order valence-corrected chi connectivity index (χ2v) is 3.70. The Morgan fingerprint density at radius 3 is 2.73 bits per heavy atom. The molecule has 1 aliphatic heterocycles. The molecule has 1 fully saturated rings. The van der Waals surface area contributed by atoms with Gasteiger partial charge in [0.05, 0.1) is 12.4 Å². The van der Waals surface area contributed by atoms with Crippen molar-refractivity contribution in [3.05, 3.63) is 11.3 Å². The maximum atomic E-state index is 5.61. The zero-order valence-electron chi connectivity index (χ0n) is 7.81. The molecule has 0 radical (unpaired) electrons. The van der Waals surface area contributed by atoms with Gasteiger partial charge in [-0.2, -0.15) is 0 Å². The summed E-state index contributed by atoms with van der Waals surface area (Å²) in [6.45, 7) is 7.48. The molecule has 1 heteroatoms. The van der Waals surface area contributed by atoms with Crippen LogP contribution >= 0.6 is 0 Å². The summed E-state index contributed by atoms with van der Waals surface area (Å²) in [5, 5.41) is 0. The van der Waals surface area contributed by atoms with E-state index in [1.165, 1.54) is 24.2 Å². The molecule has 0 spiro atoms. The van der Waals surface area contributed by atoms with Crippen molar-refractivity contribution in [3.63, 3.8) is 0 Å². The van der Waals surface area contributed by atoms with E-state index in [1.54, 1.807) is 0 Å². The fourth-order valence-corrected chi connectivity index (χ4v) is 1.37. The molecule has 0 aromatic carbocycles. The second kappa shape index (κ2) is 3.80. The van der Waals surface area contributed by atoms with E-state index in [4.69, 9.17) is 4.74 Å². The van der Waals surface area contributed by atoms with Crippen LogP contribution in [0.4, 0.5) is 0 Å². The van der Waals surface area contributed by atoms with Crippen LogP contribution in [0.2, 0.25) is 0 Å². The molecule has 0 aromatic heterocycles. The summed E-state index contributed by atoms with van der Waals surface area (Å²) in [5.41, 5.74) is 1.35. The van der Waals surface area contributed by atoms with E-state index in [1.807, 2.05) is 0 Å². The Labute approximate surface area is 69.4 Å². The lowest BCUT2D eigenvalue weighted by Crippen LogP contribution is -1.94. The van der Waals surface area contributed by atoms with Gasteiger partial charge >= 0.3 is 0 Å². The van der Waals surface area contributed by atoms with Crippen molar-refractivity contribution in [1.82, 2.24) is 0 Å². The first kappa shape index (κ1) is 8.63. The zero-order valence-corrected chi connectivity index (χ0v) is 7.81. The molecule has 0 bridgehead atoms. The van der Waals surface area contributed by atoms with Gasteiger partial charge in [-0.15, -0.1) is 0 Å². The van der Waals surface area contributed by atoms with E-state index in [2.05, 4.69) is 20.8 Å². The van der Waals surface area contributed by atoms with Gasteiger partial charge in [0, 0.05) is 6.42 Å². The first-order valence-electron chi connectivity index (χ1n) is 4.49. The Morgan fingerprint density at radius 2 is 2.09 bits per heavy atom. The van der Waals surface area contributed by atoms with Gasteiger partial charge in [0.25, 0.3) is 0 Å². The first-order valence-corrected chi connectivity index (χ1v) is 4.49. The van der Waals surface area contributed by atoms with Crippen molar-refractivity contribution in [2.24, 2.45) is 5.92 Å². The van der Waals surface area contributed by atoms with Crippen LogP contribution in [0.5, 0.6) is 0 Å². The van der Waals surface area contributed by atoms with Crippen molar-refractivity contribution in [1.29, 1.82) is 0 Å². The van der Waals surface area contributed by atoms with E-state index >= 15 is 0 Å². The van der Waals surface area contributed by atoms with E-state index in [0.717, 1.165) is 18.9 Å². The predicted octanol–water partition coefficient (Wildman–Crippen LogP) is 3.12. The molecule has 0 aliphatic carbocycles. The summed E-state index contributed by atoms with van der Waals surface area (Å²) in [5.74, 6) is 2.07. The highest BCUT2D eigenvalue weighted by atomic mass is 16.5. The van der Waals surface area contributed by atoms with E-state index in [0.29, 0.717) is 0 Å². The summed E-state index contributed by atoms with van der Waals surface area (Å²) in [7, 11) is 0. The standard InChI is InChI=1S/C10H18O/c1-8(2)10-5-4-9(3)6-7-11-10/h9H,4-7H2,1-3H3. The Hall–Kier alpha value is -0.460. The third-order valence-electron chi connectivity index (χ3n) is 2.31. The smallest absolute Gasteiger partial charge is 0.0946 e. The quantitative estimate of drug-likeness (QED) is 0.521. The molecule has 1 saturated heterocycles. The summed E-state index contributed by atoms with van der Waals surface area (Å²) in [6, 6.07) is 0. The van der Waals surface area contributed by atoms with Gasteiger partial charge in [0.2, 0.25) is 0 Å². The molecule has 1 nitrogen and oxygen atoms in total. The van der Waals surface area contributed by atoms with Crippen molar-refractivity contribution in [2.75, 3.05) is 6.61 Å². The molecule has 0 aromatic rings. The Morgan fingerprint density at radius 1 is 1.36 bits per heavy atom. The molecule has 0 saturated carbocycles. The minimum atomic E-state index is 0.840. The van der Waals surface area contributed by atoms with Crippen LogP contribution in [0.1, 0.15) is 40.0 Å². The Balaban J connectivity index is 2.53. The third kappa shape index (κ3) is 2.57. The van der Waals surface area contributed by atoms with Gasteiger partial charge < -0.3 is 4.74 Å². The minimum Gasteiger partial charge on any atom is -0.498 e. The van der Waals surface area contributed by atoms with E-state index < -0.39 is 0 Å². The Kier molecular flexibility index (Phi) is 2.98. The number of hydrogen-bond acceptors (Lipinski definition) is 1. The van der Waals surface area contributed by atoms with Crippen LogP contribution in [0.3, 0.4) is 0 Å². The highest BCUT2D eigenvalue weighted by Gasteiger charge is 2.11. The molecular formula is C10H18O. The van der Waals surface area contributed by atoms with Crippen molar-refractivity contribution in [2.45, 2.75) is 40.0 Å². The normalized spacial score (nSPS) is 25.7. The van der Waals surface area contributed by atoms with E-state index in [9.17, 15) is 0 Å². The van der Waals surface area contributed by atoms with Crippen molar-refractivity contribution < 1.29 is 4.74 Å². The average Bonchev–Trinajstić information content (AvgIpc) is 2.13. The highest BCUT2D eigenvalue weighted by Crippen LogP contribution is 2.23. The Bertz CT molecular complexity index is 154. The molecule has 64 valence electrons. The lowest BCUT2D eigenvalue weighted by atomic mass is 10.0. The van der Waals surface area contributed by atoms with Gasteiger partial charge in [-0.1, -0.05) is 6.92 Å². The molecule has 1 atom stereocenters. The number of hydrogen-bond donors (Lipinski definition) is 0. The molecule has 0 amide bonds. The van der Waals surface area contributed by atoms with Crippen LogP contribution < -0.4 is 0 Å². The molecular weight excluding hydrogens is 136 g/mol. The summed E-state index contributed by atoms with van der Waals surface area (Å²) in [6.07, 6.45) is 3.65. The van der Waals surface area contributed by atoms with Crippen LogP contribution in [0, 0.1) is 5.92 Å². The number of allylic oxidation sites excluding steroid dienone is 2. The largest absolute Gasteiger partial charge is 0.498 e. The van der Waals surface area contributed by atoms with Gasteiger partial charge in [-0.3, -0.25) is 0 Å². The molecule has 1 rings (SSSR count). The van der Waals surface area contributed by atoms with Gasteiger partial charge in [-0.05, 0) is 38.2 Å². The summed E-state index contributed by atoms with van der Waals surface area (Å²) in [4.78, 5) is 0. The maximum Gasteiger partial charge on any atom is 0.0946 e. The lowest BCUT2D eigenvalue weighted by Gasteiger charge is -2.06. The summed E-state index contributed by atoms with van der Waals surface area (Å²) >= 11 is 0. The van der Waals surface area contributed by atoms with Crippen LogP contribution in [0.25, 0.3) is 0 Å². The zero-order chi connectivity index (χ0) is 8.27. The SMILES string of the molecule is CC(C)=C1CCC(C)CCO1. The second-order valence-electron chi connectivity index (χ2n) is 3.70. The van der Waals surface area contributed by atoms with Crippen LogP contribution in [-0.2, 0) is 4.74 Å². The first-order chi connectivity index (χ1) is 5.20. The van der Waals surface area contributed by atoms with E-state index in [-0.39, 0.29) is 0 Å². The maximum absolute atomic E-state index is 5.61. The van der Waals surface area contributed by atoms with Gasteiger partial charge in [0.1, 0.15) is 0 Å². The molecule has 1 heterocycles. The topological polar surface area (TPSA) is 9.23 Å². The summed E-state index contributed by atoms with van der Waals surface area (Å²) < 4.78 is 5.61. The van der Waals surface area contributed by atoms with Crippen LogP contribution in [-0.4, -0.2) is 6.61 Å². The predicted molar refractivity (Wildman–Crippen MR) is 47.3 cm³/mol. The fraction of sp³-hybridized carbons (Fsp3) is 0.800. The molecule has 1 aliphatic rings. The molecule has 11 heavy (non-hydrogen) atoms. The lowest BCUT2D eigenvalue weighted by molar-refractivity contribution is 0.205. The average molecular weight is 154 g/mol. The van der Waals surface area contributed by atoms with Gasteiger partial charge in [-0.25, -0.2) is 0 Å². The fourth-order valence-electron chi connectivity index (χ4n) is 1.37.